The van der Waals surface area contributed by atoms with E-state index in [1.807, 2.05) is 30.3 Å². The number of carbonyl (C=O) groups excluding carboxylic acids is 1. The van der Waals surface area contributed by atoms with Crippen molar-refractivity contribution in [2.45, 2.75) is 0 Å². The van der Waals surface area contributed by atoms with Crippen LogP contribution in [0.5, 0.6) is 11.5 Å². The molecule has 28 heavy (non-hydrogen) atoms. The highest BCUT2D eigenvalue weighted by Crippen LogP contribution is 2.41. The van der Waals surface area contributed by atoms with Crippen LogP contribution in [-0.4, -0.2) is 25.1 Å². The zero-order valence-corrected chi connectivity index (χ0v) is 15.3. The number of ether oxygens (including phenoxy) is 2. The Morgan fingerprint density at radius 3 is 2.14 bits per heavy atom. The number of anilines is 1. The summed E-state index contributed by atoms with van der Waals surface area (Å²) < 4.78 is 11.0. The number of carbonyl (C=O) groups is 1. The van der Waals surface area contributed by atoms with Gasteiger partial charge in [-0.05, 0) is 11.6 Å². The van der Waals surface area contributed by atoms with Gasteiger partial charge in [-0.1, -0.05) is 36.4 Å². The van der Waals surface area contributed by atoms with Gasteiger partial charge in [0, 0.05) is 35.5 Å². The fraction of sp³-hybridized carbons (Fsp3) is 0.0952. The minimum atomic E-state index is -0.544. The number of nitrogens with one attached hydrogen (secondary N) is 1. The molecule has 7 heteroatoms. The number of rotatable bonds is 6. The van der Waals surface area contributed by atoms with Crippen LogP contribution in [0, 0.1) is 10.1 Å². The molecule has 0 aromatic heterocycles. The van der Waals surface area contributed by atoms with Crippen LogP contribution in [0.2, 0.25) is 0 Å². The molecule has 0 saturated carbocycles. The van der Waals surface area contributed by atoms with Crippen LogP contribution in [-0.2, 0) is 0 Å². The van der Waals surface area contributed by atoms with Crippen LogP contribution < -0.4 is 14.8 Å². The van der Waals surface area contributed by atoms with Gasteiger partial charge in [-0.25, -0.2) is 0 Å². The Balaban J connectivity index is 1.96. The topological polar surface area (TPSA) is 90.7 Å². The molecule has 0 aliphatic carbocycles. The maximum atomic E-state index is 12.5. The highest BCUT2D eigenvalue weighted by molar-refractivity contribution is 6.05. The maximum absolute atomic E-state index is 12.5. The molecule has 142 valence electrons. The summed E-state index contributed by atoms with van der Waals surface area (Å²) >= 11 is 0. The standard InChI is InChI=1S/C21H18N2O5/c1-27-18-12-16(13-19(28-2)20(18)14-7-4-3-5-8-14)22-21(24)15-9-6-10-17(11-15)23(25)26/h3-13H,1-2H3,(H,22,24). The minimum absolute atomic E-state index is 0.151. The number of hydrogen-bond donors (Lipinski definition) is 1. The minimum Gasteiger partial charge on any atom is -0.496 e. The quantitative estimate of drug-likeness (QED) is 0.503. The van der Waals surface area contributed by atoms with E-state index in [0.29, 0.717) is 17.2 Å². The van der Waals surface area contributed by atoms with Crippen molar-refractivity contribution in [1.82, 2.24) is 0 Å². The third kappa shape index (κ3) is 3.93. The van der Waals surface area contributed by atoms with Crippen molar-refractivity contribution in [2.24, 2.45) is 0 Å². The van der Waals surface area contributed by atoms with Gasteiger partial charge in [0.15, 0.2) is 0 Å². The van der Waals surface area contributed by atoms with Gasteiger partial charge < -0.3 is 14.8 Å². The average Bonchev–Trinajstić information content (AvgIpc) is 2.73. The van der Waals surface area contributed by atoms with Crippen molar-refractivity contribution in [3.63, 3.8) is 0 Å². The first-order chi connectivity index (χ1) is 13.5. The molecule has 3 rings (SSSR count). The molecule has 3 aromatic carbocycles. The van der Waals surface area contributed by atoms with Crippen molar-refractivity contribution in [3.8, 4) is 22.6 Å². The van der Waals surface area contributed by atoms with Gasteiger partial charge in [-0.3, -0.25) is 14.9 Å². The Bertz CT molecular complexity index is 993. The Labute approximate surface area is 161 Å². The van der Waals surface area contributed by atoms with E-state index in [1.54, 1.807) is 12.1 Å². The summed E-state index contributed by atoms with van der Waals surface area (Å²) in [6.07, 6.45) is 0. The first-order valence-electron chi connectivity index (χ1n) is 8.40. The van der Waals surface area contributed by atoms with Gasteiger partial charge in [0.2, 0.25) is 0 Å². The molecule has 0 aliphatic rings. The Morgan fingerprint density at radius 1 is 0.929 bits per heavy atom. The largest absolute Gasteiger partial charge is 0.496 e. The highest BCUT2D eigenvalue weighted by Gasteiger charge is 2.17. The van der Waals surface area contributed by atoms with E-state index in [1.165, 1.54) is 38.5 Å². The van der Waals surface area contributed by atoms with Gasteiger partial charge in [-0.2, -0.15) is 0 Å². The van der Waals surface area contributed by atoms with Gasteiger partial charge in [-0.15, -0.1) is 0 Å². The molecule has 1 N–H and O–H groups in total. The van der Waals surface area contributed by atoms with Crippen molar-refractivity contribution < 1.29 is 19.2 Å². The second-order valence-corrected chi connectivity index (χ2v) is 5.88. The molecule has 0 unspecified atom stereocenters. The molecule has 3 aromatic rings. The van der Waals surface area contributed by atoms with E-state index in [0.717, 1.165) is 11.1 Å². The van der Waals surface area contributed by atoms with Crippen LogP contribution in [0.15, 0.2) is 66.7 Å². The van der Waals surface area contributed by atoms with Crippen molar-refractivity contribution in [1.29, 1.82) is 0 Å². The van der Waals surface area contributed by atoms with Crippen molar-refractivity contribution >= 4 is 17.3 Å². The molecule has 0 spiro atoms. The second-order valence-electron chi connectivity index (χ2n) is 5.88. The Kier molecular flexibility index (Phi) is 5.55. The predicted octanol–water partition coefficient (Wildman–Crippen LogP) is 4.53. The van der Waals surface area contributed by atoms with Crippen LogP contribution in [0.3, 0.4) is 0 Å². The van der Waals surface area contributed by atoms with Crippen molar-refractivity contribution in [3.05, 3.63) is 82.4 Å². The fourth-order valence-corrected chi connectivity index (χ4v) is 2.84. The number of nitrogens with zero attached hydrogens (tertiary/aromatic N) is 1. The molecule has 1 amide bonds. The van der Waals surface area contributed by atoms with E-state index in [-0.39, 0.29) is 11.3 Å². The van der Waals surface area contributed by atoms with Gasteiger partial charge >= 0.3 is 0 Å². The molecule has 0 atom stereocenters. The number of nitro benzene ring substituents is 1. The lowest BCUT2D eigenvalue weighted by Gasteiger charge is -2.16. The first kappa shape index (κ1) is 18.9. The van der Waals surface area contributed by atoms with Crippen LogP contribution in [0.1, 0.15) is 10.4 Å². The average molecular weight is 378 g/mol. The smallest absolute Gasteiger partial charge is 0.270 e. The van der Waals surface area contributed by atoms with Crippen molar-refractivity contribution in [2.75, 3.05) is 19.5 Å². The second kappa shape index (κ2) is 8.22. The normalized spacial score (nSPS) is 10.2. The van der Waals surface area contributed by atoms with Crippen LogP contribution in [0.25, 0.3) is 11.1 Å². The fourth-order valence-electron chi connectivity index (χ4n) is 2.84. The van der Waals surface area contributed by atoms with Gasteiger partial charge in [0.05, 0.1) is 24.7 Å². The third-order valence-electron chi connectivity index (χ3n) is 4.15. The lowest BCUT2D eigenvalue weighted by molar-refractivity contribution is -0.384. The first-order valence-corrected chi connectivity index (χ1v) is 8.40. The Hall–Kier alpha value is -3.87. The Morgan fingerprint density at radius 2 is 1.57 bits per heavy atom. The number of methoxy groups -OCH3 is 2. The zero-order valence-electron chi connectivity index (χ0n) is 15.3. The van der Waals surface area contributed by atoms with Crippen LogP contribution >= 0.6 is 0 Å². The number of hydrogen-bond acceptors (Lipinski definition) is 5. The molecule has 0 bridgehead atoms. The summed E-state index contributed by atoms with van der Waals surface area (Å²) in [6, 6.07) is 18.5. The lowest BCUT2D eigenvalue weighted by atomic mass is 10.0. The summed E-state index contributed by atoms with van der Waals surface area (Å²) in [5, 5.41) is 13.6. The van der Waals surface area contributed by atoms with Crippen LogP contribution in [0.4, 0.5) is 11.4 Å². The molecule has 0 radical (unpaired) electrons. The van der Waals surface area contributed by atoms with Gasteiger partial charge in [0.25, 0.3) is 11.6 Å². The third-order valence-corrected chi connectivity index (χ3v) is 4.15. The molecule has 0 heterocycles. The summed E-state index contributed by atoms with van der Waals surface area (Å²) in [5.74, 6) is 0.583. The lowest BCUT2D eigenvalue weighted by Crippen LogP contribution is -2.12. The van der Waals surface area contributed by atoms with E-state index in [4.69, 9.17) is 9.47 Å². The molecule has 0 aliphatic heterocycles. The summed E-state index contributed by atoms with van der Waals surface area (Å²) in [4.78, 5) is 22.9. The molecule has 0 fully saturated rings. The van der Waals surface area contributed by atoms with E-state index < -0.39 is 10.8 Å². The number of nitro groups is 1. The molecule has 0 saturated heterocycles. The van der Waals surface area contributed by atoms with E-state index in [9.17, 15) is 14.9 Å². The monoisotopic (exact) mass is 378 g/mol. The number of amides is 1. The summed E-state index contributed by atoms with van der Waals surface area (Å²) in [6.45, 7) is 0. The SMILES string of the molecule is COc1cc(NC(=O)c2cccc([N+](=O)[O-])c2)cc(OC)c1-c1ccccc1. The molecule has 7 nitrogen and oxygen atoms in total. The molecular weight excluding hydrogens is 360 g/mol. The molecular formula is C21H18N2O5. The maximum Gasteiger partial charge on any atom is 0.270 e. The number of benzene rings is 3. The summed E-state index contributed by atoms with van der Waals surface area (Å²) in [5.41, 5.74) is 2.15. The van der Waals surface area contributed by atoms with E-state index >= 15 is 0 Å². The van der Waals surface area contributed by atoms with E-state index in [2.05, 4.69) is 5.32 Å². The zero-order chi connectivity index (χ0) is 20.1. The predicted molar refractivity (Wildman–Crippen MR) is 106 cm³/mol. The highest BCUT2D eigenvalue weighted by atomic mass is 16.6. The number of non-ortho nitro benzene ring substituents is 1. The summed E-state index contributed by atoms with van der Waals surface area (Å²) in [7, 11) is 3.07. The van der Waals surface area contributed by atoms with Gasteiger partial charge in [0.1, 0.15) is 11.5 Å².